The number of allylic oxidation sites excluding steroid dienone is 1. The number of unbranched alkanes of at least 4 members (excludes halogenated alkanes) is 1. The number of aliphatic hydroxyl groups is 1. The second kappa shape index (κ2) is 15.9. The van der Waals surface area contributed by atoms with E-state index in [0.29, 0.717) is 29.5 Å². The number of carbonyl (C=O) groups is 5. The molecule has 4 atom stereocenters. The van der Waals surface area contributed by atoms with Gasteiger partial charge in [0.25, 0.3) is 0 Å². The number of benzene rings is 3. The van der Waals surface area contributed by atoms with Gasteiger partial charge < -0.3 is 14.6 Å². The lowest BCUT2D eigenvalue weighted by Crippen LogP contribution is -2.49. The minimum atomic E-state index is -1.65. The van der Waals surface area contributed by atoms with E-state index in [1.54, 1.807) is 79.7 Å². The van der Waals surface area contributed by atoms with E-state index in [0.717, 1.165) is 23.5 Å². The lowest BCUT2D eigenvalue weighted by Gasteiger charge is -2.29. The summed E-state index contributed by atoms with van der Waals surface area (Å²) in [4.78, 5) is 68.6. The maximum atomic E-state index is 14.4. The quantitative estimate of drug-likeness (QED) is 0.140. The largest absolute Gasteiger partial charge is 0.453 e. The Labute approximate surface area is 268 Å². The van der Waals surface area contributed by atoms with Crippen LogP contribution in [0, 0.1) is 12.8 Å². The first kappa shape index (κ1) is 34.0. The SMILES string of the molecule is CC(=O)OC(C(=O)C=C(C(=O)CCCCO)c1cccc(C)c1)C(Cc1ccccc1)C(=O)N1C(=O)OC(c2ccccc2)C1C. The molecule has 1 aliphatic rings. The number of nitrogens with zero attached hydrogens (tertiary/aromatic N) is 1. The van der Waals surface area contributed by atoms with Crippen LogP contribution in [0.4, 0.5) is 4.79 Å². The van der Waals surface area contributed by atoms with Crippen LogP contribution in [0.3, 0.4) is 0 Å². The zero-order valence-electron chi connectivity index (χ0n) is 26.3. The van der Waals surface area contributed by atoms with Gasteiger partial charge in [0.15, 0.2) is 17.7 Å². The van der Waals surface area contributed by atoms with Gasteiger partial charge in [0.05, 0.1) is 12.0 Å². The minimum Gasteiger partial charge on any atom is -0.453 e. The van der Waals surface area contributed by atoms with E-state index in [9.17, 15) is 29.1 Å². The lowest BCUT2D eigenvalue weighted by molar-refractivity contribution is -0.158. The molecule has 9 heteroatoms. The lowest BCUT2D eigenvalue weighted by atomic mass is 9.87. The van der Waals surface area contributed by atoms with Crippen LogP contribution in [-0.4, -0.2) is 58.3 Å². The monoisotopic (exact) mass is 625 g/mol. The number of aliphatic hydroxyl groups excluding tert-OH is 1. The zero-order chi connectivity index (χ0) is 33.2. The fourth-order valence-corrected chi connectivity index (χ4v) is 5.63. The Morgan fingerprint density at radius 2 is 1.63 bits per heavy atom. The normalized spacial score (nSPS) is 17.6. The van der Waals surface area contributed by atoms with Crippen molar-refractivity contribution in [3.05, 3.63) is 113 Å². The number of amides is 2. The van der Waals surface area contributed by atoms with Crippen molar-refractivity contribution in [2.24, 2.45) is 5.92 Å². The first-order valence-corrected chi connectivity index (χ1v) is 15.4. The molecule has 1 fully saturated rings. The number of cyclic esters (lactones) is 1. The predicted octanol–water partition coefficient (Wildman–Crippen LogP) is 5.58. The van der Waals surface area contributed by atoms with E-state index >= 15 is 0 Å². The molecule has 1 heterocycles. The molecule has 4 unspecified atom stereocenters. The zero-order valence-corrected chi connectivity index (χ0v) is 26.3. The number of ether oxygens (including phenoxy) is 2. The highest BCUT2D eigenvalue weighted by molar-refractivity contribution is 6.25. The Morgan fingerprint density at radius 3 is 2.26 bits per heavy atom. The van der Waals surface area contributed by atoms with Gasteiger partial charge >= 0.3 is 12.1 Å². The van der Waals surface area contributed by atoms with Crippen LogP contribution in [-0.2, 0) is 35.1 Å². The fraction of sp³-hybridized carbons (Fsp3) is 0.324. The average molecular weight is 626 g/mol. The van der Waals surface area contributed by atoms with Crippen LogP contribution in [0.2, 0.25) is 0 Å². The summed E-state index contributed by atoms with van der Waals surface area (Å²) in [5, 5.41) is 9.22. The Balaban J connectivity index is 1.77. The number of hydrogen-bond donors (Lipinski definition) is 1. The van der Waals surface area contributed by atoms with E-state index in [4.69, 9.17) is 9.47 Å². The highest BCUT2D eigenvalue weighted by Crippen LogP contribution is 2.35. The number of carbonyl (C=O) groups excluding carboxylic acids is 5. The van der Waals surface area contributed by atoms with Crippen LogP contribution in [0.15, 0.2) is 91.0 Å². The molecule has 46 heavy (non-hydrogen) atoms. The van der Waals surface area contributed by atoms with Gasteiger partial charge in [0.2, 0.25) is 5.91 Å². The summed E-state index contributed by atoms with van der Waals surface area (Å²) in [6.07, 6.45) is -1.25. The summed E-state index contributed by atoms with van der Waals surface area (Å²) in [6.45, 7) is 4.60. The van der Waals surface area contributed by atoms with Crippen molar-refractivity contribution < 1.29 is 38.6 Å². The number of hydrogen-bond acceptors (Lipinski definition) is 8. The van der Waals surface area contributed by atoms with Gasteiger partial charge in [0, 0.05) is 25.5 Å². The molecule has 0 bridgehead atoms. The van der Waals surface area contributed by atoms with Crippen molar-refractivity contribution in [3.63, 3.8) is 0 Å². The second-order valence-corrected chi connectivity index (χ2v) is 11.4. The summed E-state index contributed by atoms with van der Waals surface area (Å²) < 4.78 is 11.2. The second-order valence-electron chi connectivity index (χ2n) is 11.4. The van der Waals surface area contributed by atoms with Crippen molar-refractivity contribution >= 4 is 35.1 Å². The Morgan fingerprint density at radius 1 is 0.957 bits per heavy atom. The molecule has 0 aliphatic carbocycles. The molecule has 4 rings (SSSR count). The first-order chi connectivity index (χ1) is 22.1. The van der Waals surface area contributed by atoms with E-state index in [1.807, 2.05) is 19.1 Å². The van der Waals surface area contributed by atoms with Gasteiger partial charge in [-0.25, -0.2) is 9.69 Å². The highest BCUT2D eigenvalue weighted by Gasteiger charge is 2.48. The smallest absolute Gasteiger partial charge is 0.417 e. The van der Waals surface area contributed by atoms with Crippen molar-refractivity contribution in [2.45, 2.75) is 64.7 Å². The molecule has 0 aromatic heterocycles. The number of esters is 1. The molecule has 1 saturated heterocycles. The topological polar surface area (TPSA) is 127 Å². The van der Waals surface area contributed by atoms with Gasteiger partial charge in [0.1, 0.15) is 6.10 Å². The molecule has 2 amide bonds. The number of Topliss-reactive ketones (excluding diaryl/α,β-unsaturated/α-hetero) is 1. The van der Waals surface area contributed by atoms with E-state index in [-0.39, 0.29) is 30.8 Å². The van der Waals surface area contributed by atoms with Gasteiger partial charge in [-0.3, -0.25) is 19.2 Å². The Bertz CT molecular complexity index is 1580. The molecular weight excluding hydrogens is 586 g/mol. The summed E-state index contributed by atoms with van der Waals surface area (Å²) in [7, 11) is 0. The summed E-state index contributed by atoms with van der Waals surface area (Å²) in [6, 6.07) is 24.3. The summed E-state index contributed by atoms with van der Waals surface area (Å²) in [5.41, 5.74) is 2.84. The minimum absolute atomic E-state index is 0.0338. The van der Waals surface area contributed by atoms with Crippen LogP contribution in [0.25, 0.3) is 5.57 Å². The number of imide groups is 1. The molecule has 240 valence electrons. The van der Waals surface area contributed by atoms with Crippen molar-refractivity contribution in [2.75, 3.05) is 6.61 Å². The fourth-order valence-electron chi connectivity index (χ4n) is 5.63. The van der Waals surface area contributed by atoms with E-state index in [2.05, 4.69) is 0 Å². The number of aryl methyl sites for hydroxylation is 1. The van der Waals surface area contributed by atoms with Crippen LogP contribution < -0.4 is 0 Å². The summed E-state index contributed by atoms with van der Waals surface area (Å²) in [5.74, 6) is -3.95. The van der Waals surface area contributed by atoms with Crippen LogP contribution in [0.5, 0.6) is 0 Å². The highest BCUT2D eigenvalue weighted by atomic mass is 16.6. The molecule has 0 radical (unpaired) electrons. The maximum absolute atomic E-state index is 14.4. The van der Waals surface area contributed by atoms with Crippen molar-refractivity contribution in [1.29, 1.82) is 0 Å². The molecule has 3 aromatic rings. The maximum Gasteiger partial charge on any atom is 0.417 e. The number of rotatable bonds is 14. The first-order valence-electron chi connectivity index (χ1n) is 15.4. The molecule has 0 saturated carbocycles. The third-order valence-corrected chi connectivity index (χ3v) is 7.92. The molecule has 9 nitrogen and oxygen atoms in total. The predicted molar refractivity (Wildman–Crippen MR) is 171 cm³/mol. The van der Waals surface area contributed by atoms with Crippen LogP contribution in [0.1, 0.15) is 61.5 Å². The molecule has 0 spiro atoms. The third-order valence-electron chi connectivity index (χ3n) is 7.92. The van der Waals surface area contributed by atoms with Gasteiger partial charge in [-0.1, -0.05) is 90.5 Å². The molecular formula is C37H39NO8. The Hall–Kier alpha value is -4.89. The molecule has 1 N–H and O–H groups in total. The standard InChI is InChI=1S/C37H39NO8/c1-24-13-12-18-29(21-24)30(32(41)19-10-11-20-39)23-33(42)35(45-26(3)40)31(22-27-14-6-4-7-15-27)36(43)38-25(2)34(46-37(38)44)28-16-8-5-9-17-28/h4-9,12-18,21,23,25,31,34-35,39H,10-11,19-20,22H2,1-3H3. The van der Waals surface area contributed by atoms with Gasteiger partial charge in [-0.05, 0) is 55.9 Å². The Kier molecular flexibility index (Phi) is 11.8. The molecule has 3 aromatic carbocycles. The number of ketones is 2. The van der Waals surface area contributed by atoms with Crippen LogP contribution >= 0.6 is 0 Å². The van der Waals surface area contributed by atoms with Gasteiger partial charge in [-0.2, -0.15) is 0 Å². The summed E-state index contributed by atoms with van der Waals surface area (Å²) >= 11 is 0. The van der Waals surface area contributed by atoms with E-state index in [1.165, 1.54) is 0 Å². The van der Waals surface area contributed by atoms with Crippen molar-refractivity contribution in [3.8, 4) is 0 Å². The van der Waals surface area contributed by atoms with E-state index < -0.39 is 47.9 Å². The van der Waals surface area contributed by atoms with Crippen molar-refractivity contribution in [1.82, 2.24) is 4.90 Å². The van der Waals surface area contributed by atoms with Gasteiger partial charge in [-0.15, -0.1) is 0 Å². The average Bonchev–Trinajstić information content (AvgIpc) is 3.35. The molecule has 1 aliphatic heterocycles. The third kappa shape index (κ3) is 8.43.